The van der Waals surface area contributed by atoms with Crippen LogP contribution in [0.5, 0.6) is 5.75 Å². The fourth-order valence-electron chi connectivity index (χ4n) is 2.35. The van der Waals surface area contributed by atoms with Crippen LogP contribution in [0, 0.1) is 6.92 Å². The molecule has 0 aliphatic rings. The molecule has 2 aromatic carbocycles. The summed E-state index contributed by atoms with van der Waals surface area (Å²) in [5, 5.41) is 14.7. The van der Waals surface area contributed by atoms with E-state index < -0.39 is 5.54 Å². The third-order valence-electron chi connectivity index (χ3n) is 3.88. The van der Waals surface area contributed by atoms with Gasteiger partial charge in [0.25, 0.3) is 0 Å². The van der Waals surface area contributed by atoms with Crippen LogP contribution < -0.4 is 15.4 Å². The summed E-state index contributed by atoms with van der Waals surface area (Å²) in [6.07, 6.45) is -0.0620. The second-order valence-corrected chi connectivity index (χ2v) is 6.77. The van der Waals surface area contributed by atoms with E-state index in [0.29, 0.717) is 5.69 Å². The van der Waals surface area contributed by atoms with Gasteiger partial charge in [0.05, 0.1) is 12.1 Å². The summed E-state index contributed by atoms with van der Waals surface area (Å²) in [5.74, 6) is 0.746. The first-order valence-electron chi connectivity index (χ1n) is 8.33. The summed E-state index contributed by atoms with van der Waals surface area (Å²) < 4.78 is 5.98. The predicted octanol–water partition coefficient (Wildman–Crippen LogP) is 4.03. The maximum atomic E-state index is 12.0. The summed E-state index contributed by atoms with van der Waals surface area (Å²) in [7, 11) is 0. The van der Waals surface area contributed by atoms with Crippen LogP contribution in [0.4, 0.5) is 10.5 Å². The Hall–Kier alpha value is -2.53. The third kappa shape index (κ3) is 5.50. The molecule has 0 aromatic heterocycles. The van der Waals surface area contributed by atoms with Gasteiger partial charge < -0.3 is 20.5 Å². The number of aryl methyl sites for hydroxylation is 1. The Morgan fingerprint density at radius 1 is 1.20 bits per heavy atom. The van der Waals surface area contributed by atoms with Gasteiger partial charge in [-0.1, -0.05) is 30.3 Å². The molecular formula is C20H26N2O3. The van der Waals surface area contributed by atoms with E-state index >= 15 is 0 Å². The molecule has 3 N–H and O–H groups in total. The van der Waals surface area contributed by atoms with Crippen molar-refractivity contribution in [1.29, 1.82) is 0 Å². The summed E-state index contributed by atoms with van der Waals surface area (Å²) in [6, 6.07) is 15.2. The Bertz CT molecular complexity index is 714. The largest absolute Gasteiger partial charge is 0.486 e. The molecule has 134 valence electrons. The smallest absolute Gasteiger partial charge is 0.319 e. The summed E-state index contributed by atoms with van der Waals surface area (Å²) in [5.41, 5.74) is 2.03. The number of anilines is 1. The molecule has 25 heavy (non-hydrogen) atoms. The topological polar surface area (TPSA) is 70.6 Å². The van der Waals surface area contributed by atoms with E-state index in [9.17, 15) is 9.90 Å². The van der Waals surface area contributed by atoms with Crippen molar-refractivity contribution < 1.29 is 14.6 Å². The molecule has 2 amide bonds. The second kappa shape index (κ2) is 8.03. The fourth-order valence-corrected chi connectivity index (χ4v) is 2.35. The van der Waals surface area contributed by atoms with Gasteiger partial charge >= 0.3 is 6.03 Å². The Morgan fingerprint density at radius 2 is 1.88 bits per heavy atom. The van der Waals surface area contributed by atoms with Crippen LogP contribution in [0.15, 0.2) is 48.5 Å². The summed E-state index contributed by atoms with van der Waals surface area (Å²) in [4.78, 5) is 12.0. The highest BCUT2D eigenvalue weighted by atomic mass is 16.5. The molecule has 0 bridgehead atoms. The first kappa shape index (κ1) is 18.8. The highest BCUT2D eigenvalue weighted by Gasteiger charge is 2.19. The number of amides is 2. The zero-order chi connectivity index (χ0) is 18.4. The van der Waals surface area contributed by atoms with E-state index in [0.717, 1.165) is 16.9 Å². The van der Waals surface area contributed by atoms with Crippen LogP contribution >= 0.6 is 0 Å². The molecule has 0 aliphatic heterocycles. The number of hydrogen-bond acceptors (Lipinski definition) is 3. The fraction of sp³-hybridized carbons (Fsp3) is 0.350. The molecule has 0 fully saturated rings. The van der Waals surface area contributed by atoms with Crippen molar-refractivity contribution in [3.05, 3.63) is 59.7 Å². The molecule has 0 heterocycles. The normalized spacial score (nSPS) is 12.4. The molecular weight excluding hydrogens is 316 g/mol. The molecule has 0 aliphatic carbocycles. The van der Waals surface area contributed by atoms with Gasteiger partial charge in [-0.2, -0.15) is 0 Å². The molecule has 0 saturated carbocycles. The highest BCUT2D eigenvalue weighted by molar-refractivity contribution is 5.90. The Balaban J connectivity index is 2.02. The maximum absolute atomic E-state index is 12.0. The number of urea groups is 1. The van der Waals surface area contributed by atoms with Crippen LogP contribution in [0.3, 0.4) is 0 Å². The molecule has 2 rings (SSSR count). The van der Waals surface area contributed by atoms with Crippen molar-refractivity contribution in [3.63, 3.8) is 0 Å². The maximum Gasteiger partial charge on any atom is 0.319 e. The van der Waals surface area contributed by atoms with E-state index in [2.05, 4.69) is 10.6 Å². The number of ether oxygens (including phenoxy) is 1. The number of nitrogens with one attached hydrogen (secondary N) is 2. The van der Waals surface area contributed by atoms with Gasteiger partial charge in [0.2, 0.25) is 0 Å². The van der Waals surface area contributed by atoms with Crippen molar-refractivity contribution in [2.24, 2.45) is 0 Å². The average molecular weight is 342 g/mol. The number of carbonyl (C=O) groups excluding carboxylic acids is 1. The zero-order valence-electron chi connectivity index (χ0n) is 15.2. The van der Waals surface area contributed by atoms with Crippen LogP contribution in [-0.4, -0.2) is 23.3 Å². The van der Waals surface area contributed by atoms with Crippen molar-refractivity contribution >= 4 is 11.7 Å². The average Bonchev–Trinajstić information content (AvgIpc) is 2.57. The zero-order valence-corrected chi connectivity index (χ0v) is 15.2. The van der Waals surface area contributed by atoms with Gasteiger partial charge in [-0.15, -0.1) is 0 Å². The number of aliphatic hydroxyl groups excluding tert-OH is 1. The lowest BCUT2D eigenvalue weighted by Gasteiger charge is -2.24. The van der Waals surface area contributed by atoms with E-state index in [4.69, 9.17) is 4.74 Å². The third-order valence-corrected chi connectivity index (χ3v) is 3.88. The standard InChI is InChI=1S/C20H26N2O3/c1-14-12-17(25-15(2)16-8-6-5-7-9-16)10-11-18(14)21-19(24)22-20(3,4)13-23/h5-12,15,23H,13H2,1-4H3,(H2,21,22,24). The molecule has 0 spiro atoms. The Morgan fingerprint density at radius 3 is 2.48 bits per heavy atom. The first-order chi connectivity index (χ1) is 11.8. The van der Waals surface area contributed by atoms with Crippen molar-refractivity contribution in [2.45, 2.75) is 39.3 Å². The van der Waals surface area contributed by atoms with Gasteiger partial charge in [0.15, 0.2) is 0 Å². The molecule has 5 heteroatoms. The van der Waals surface area contributed by atoms with E-state index in [1.807, 2.05) is 62.4 Å². The van der Waals surface area contributed by atoms with Crippen LogP contribution in [0.2, 0.25) is 0 Å². The molecule has 0 saturated heterocycles. The lowest BCUT2D eigenvalue weighted by atomic mass is 10.1. The van der Waals surface area contributed by atoms with Gasteiger partial charge in [0.1, 0.15) is 11.9 Å². The number of hydrogen-bond donors (Lipinski definition) is 3. The van der Waals surface area contributed by atoms with Gasteiger partial charge in [-0.3, -0.25) is 0 Å². The molecule has 0 radical (unpaired) electrons. The van der Waals surface area contributed by atoms with Crippen molar-refractivity contribution in [2.75, 3.05) is 11.9 Å². The van der Waals surface area contributed by atoms with Gasteiger partial charge in [-0.25, -0.2) is 4.79 Å². The van der Waals surface area contributed by atoms with Crippen LogP contribution in [-0.2, 0) is 0 Å². The van der Waals surface area contributed by atoms with Crippen molar-refractivity contribution in [3.8, 4) is 5.75 Å². The summed E-state index contributed by atoms with van der Waals surface area (Å²) >= 11 is 0. The predicted molar refractivity (Wildman–Crippen MR) is 100.0 cm³/mol. The van der Waals surface area contributed by atoms with Crippen molar-refractivity contribution in [1.82, 2.24) is 5.32 Å². The minimum atomic E-state index is -0.674. The molecule has 1 unspecified atom stereocenters. The number of benzene rings is 2. The van der Waals surface area contributed by atoms with E-state index in [1.54, 1.807) is 13.8 Å². The number of aliphatic hydroxyl groups is 1. The first-order valence-corrected chi connectivity index (χ1v) is 8.33. The monoisotopic (exact) mass is 342 g/mol. The molecule has 5 nitrogen and oxygen atoms in total. The van der Waals surface area contributed by atoms with E-state index in [1.165, 1.54) is 0 Å². The lowest BCUT2D eigenvalue weighted by molar-refractivity contribution is 0.187. The number of carbonyl (C=O) groups is 1. The Labute approximate surface area is 149 Å². The minimum absolute atomic E-state index is 0.0620. The van der Waals surface area contributed by atoms with Gasteiger partial charge in [0, 0.05) is 5.69 Å². The Kier molecular flexibility index (Phi) is 6.04. The quantitative estimate of drug-likeness (QED) is 0.742. The van der Waals surface area contributed by atoms with E-state index in [-0.39, 0.29) is 18.7 Å². The lowest BCUT2D eigenvalue weighted by Crippen LogP contribution is -2.48. The van der Waals surface area contributed by atoms with Crippen LogP contribution in [0.25, 0.3) is 0 Å². The molecule has 2 aromatic rings. The molecule has 1 atom stereocenters. The van der Waals surface area contributed by atoms with Gasteiger partial charge in [-0.05, 0) is 57.0 Å². The summed E-state index contributed by atoms with van der Waals surface area (Å²) in [6.45, 7) is 7.28. The minimum Gasteiger partial charge on any atom is -0.486 e. The SMILES string of the molecule is Cc1cc(OC(C)c2ccccc2)ccc1NC(=O)NC(C)(C)CO. The van der Waals surface area contributed by atoms with Crippen LogP contribution in [0.1, 0.15) is 38.0 Å². The highest BCUT2D eigenvalue weighted by Crippen LogP contribution is 2.26. The number of rotatable bonds is 6. The second-order valence-electron chi connectivity index (χ2n) is 6.77.